The first-order valence-corrected chi connectivity index (χ1v) is 9.41. The minimum Gasteiger partial charge on any atom is -0.291 e. The minimum absolute atomic E-state index is 0.00745. The lowest BCUT2D eigenvalue weighted by atomic mass is 9.75. The molecule has 0 N–H and O–H groups in total. The van der Waals surface area contributed by atoms with Gasteiger partial charge in [0.2, 0.25) is 0 Å². The van der Waals surface area contributed by atoms with Gasteiger partial charge in [0.05, 0.1) is 6.54 Å². The lowest BCUT2D eigenvalue weighted by molar-refractivity contribution is 0.0889. The van der Waals surface area contributed by atoms with Gasteiger partial charge in [-0.15, -0.1) is 11.8 Å². The maximum atomic E-state index is 13.4. The first-order chi connectivity index (χ1) is 12.3. The number of benzene rings is 3. The van der Waals surface area contributed by atoms with E-state index in [4.69, 9.17) is 0 Å². The van der Waals surface area contributed by atoms with Crippen molar-refractivity contribution in [3.05, 3.63) is 77.9 Å². The third-order valence-corrected chi connectivity index (χ3v) is 6.51. The smallest absolute Gasteiger partial charge is 0.194 e. The maximum absolute atomic E-state index is 13.4. The van der Waals surface area contributed by atoms with E-state index in [9.17, 15) is 4.79 Å². The molecule has 25 heavy (non-hydrogen) atoms. The van der Waals surface area contributed by atoms with E-state index in [1.54, 1.807) is 11.8 Å². The topological polar surface area (TPSA) is 41.8 Å². The van der Waals surface area contributed by atoms with Crippen LogP contribution in [-0.2, 0) is 0 Å². The molecule has 0 saturated carbocycles. The quantitative estimate of drug-likeness (QED) is 0.615. The Bertz CT molecular complexity index is 1020. The predicted octanol–water partition coefficient (Wildman–Crippen LogP) is 5.12. The van der Waals surface area contributed by atoms with Crippen molar-refractivity contribution in [2.45, 2.75) is 16.4 Å². The van der Waals surface area contributed by atoms with E-state index in [1.807, 2.05) is 30.3 Å². The van der Waals surface area contributed by atoms with Gasteiger partial charge in [-0.25, -0.2) is 0 Å². The summed E-state index contributed by atoms with van der Waals surface area (Å²) in [5.74, 6) is 0.758. The molecule has 3 nitrogen and oxygen atoms in total. The summed E-state index contributed by atoms with van der Waals surface area (Å²) < 4.78 is 0. The van der Waals surface area contributed by atoms with Crippen LogP contribution in [-0.4, -0.2) is 23.6 Å². The molecular weight excluding hydrogens is 328 g/mol. The van der Waals surface area contributed by atoms with Crippen molar-refractivity contribution in [3.63, 3.8) is 0 Å². The van der Waals surface area contributed by atoms with Crippen LogP contribution in [0.15, 0.2) is 81.9 Å². The van der Waals surface area contributed by atoms with Crippen LogP contribution in [0.25, 0.3) is 10.8 Å². The Labute approximate surface area is 150 Å². The highest BCUT2D eigenvalue weighted by Gasteiger charge is 2.52. The summed E-state index contributed by atoms with van der Waals surface area (Å²) in [7, 11) is 0. The highest BCUT2D eigenvalue weighted by molar-refractivity contribution is 7.99. The van der Waals surface area contributed by atoms with Crippen molar-refractivity contribution in [2.24, 2.45) is 10.2 Å². The molecule has 5 rings (SSSR count). The molecule has 2 aliphatic heterocycles. The third kappa shape index (κ3) is 2.10. The average molecular weight is 344 g/mol. The number of hydrogen-bond donors (Lipinski definition) is 0. The van der Waals surface area contributed by atoms with E-state index < -0.39 is 5.54 Å². The summed E-state index contributed by atoms with van der Waals surface area (Å²) in [6.45, 7) is 0.572. The van der Waals surface area contributed by atoms with Crippen molar-refractivity contribution < 1.29 is 4.79 Å². The first kappa shape index (κ1) is 14.8. The molecule has 0 aromatic heterocycles. The van der Waals surface area contributed by atoms with Gasteiger partial charge in [-0.1, -0.05) is 60.7 Å². The van der Waals surface area contributed by atoms with Crippen LogP contribution < -0.4 is 0 Å². The number of hydrogen-bond acceptors (Lipinski definition) is 4. The molecule has 0 radical (unpaired) electrons. The first-order valence-electron chi connectivity index (χ1n) is 8.42. The SMILES string of the molecule is O=C1c2ccccc2SCC12N=NC[C@H]2c1cccc2ccccc12. The molecule has 0 aliphatic carbocycles. The number of azo groups is 1. The lowest BCUT2D eigenvalue weighted by Gasteiger charge is -2.34. The Morgan fingerprint density at radius 3 is 2.72 bits per heavy atom. The average Bonchev–Trinajstić information content (AvgIpc) is 3.09. The molecule has 2 aliphatic rings. The normalized spacial score (nSPS) is 24.8. The number of fused-ring (bicyclic) bond motifs is 2. The Kier molecular flexibility index (Phi) is 3.28. The second-order valence-electron chi connectivity index (χ2n) is 6.58. The Morgan fingerprint density at radius 2 is 1.76 bits per heavy atom. The molecule has 122 valence electrons. The molecule has 2 heterocycles. The van der Waals surface area contributed by atoms with Crippen molar-refractivity contribution >= 4 is 28.3 Å². The fraction of sp³-hybridized carbons (Fsp3) is 0.190. The summed E-state index contributed by atoms with van der Waals surface area (Å²) >= 11 is 1.72. The zero-order chi connectivity index (χ0) is 16.9. The second-order valence-corrected chi connectivity index (χ2v) is 7.60. The van der Waals surface area contributed by atoms with Gasteiger partial charge in [0, 0.05) is 22.1 Å². The van der Waals surface area contributed by atoms with Crippen molar-refractivity contribution in [1.29, 1.82) is 0 Å². The van der Waals surface area contributed by atoms with Gasteiger partial charge < -0.3 is 0 Å². The van der Waals surface area contributed by atoms with Crippen LogP contribution >= 0.6 is 11.8 Å². The van der Waals surface area contributed by atoms with E-state index in [0.29, 0.717) is 12.3 Å². The van der Waals surface area contributed by atoms with Crippen LogP contribution in [0, 0.1) is 0 Å². The van der Waals surface area contributed by atoms with Gasteiger partial charge in [-0.05, 0) is 22.4 Å². The maximum Gasteiger partial charge on any atom is 0.194 e. The van der Waals surface area contributed by atoms with Gasteiger partial charge in [0.15, 0.2) is 11.3 Å². The van der Waals surface area contributed by atoms with Crippen LogP contribution in [0.5, 0.6) is 0 Å². The van der Waals surface area contributed by atoms with Crippen molar-refractivity contribution in [3.8, 4) is 0 Å². The van der Waals surface area contributed by atoms with Gasteiger partial charge >= 0.3 is 0 Å². The van der Waals surface area contributed by atoms with Crippen LogP contribution in [0.3, 0.4) is 0 Å². The zero-order valence-electron chi connectivity index (χ0n) is 13.6. The van der Waals surface area contributed by atoms with Gasteiger partial charge in [0.1, 0.15) is 0 Å². The fourth-order valence-corrected chi connectivity index (χ4v) is 5.24. The van der Waals surface area contributed by atoms with Crippen LogP contribution in [0.4, 0.5) is 0 Å². The Balaban J connectivity index is 1.67. The van der Waals surface area contributed by atoms with E-state index in [2.05, 4.69) is 46.6 Å². The van der Waals surface area contributed by atoms with Crippen molar-refractivity contribution in [1.82, 2.24) is 0 Å². The molecule has 0 saturated heterocycles. The molecule has 1 unspecified atom stereocenters. The summed E-state index contributed by atoms with van der Waals surface area (Å²) in [5.41, 5.74) is 1.18. The Hall–Kier alpha value is -2.46. The molecule has 2 atom stereocenters. The largest absolute Gasteiger partial charge is 0.291 e. The molecule has 3 aromatic rings. The second kappa shape index (κ2) is 5.53. The molecule has 4 heteroatoms. The van der Waals surface area contributed by atoms with Gasteiger partial charge in [-0.2, -0.15) is 10.2 Å². The van der Waals surface area contributed by atoms with Crippen LogP contribution in [0.1, 0.15) is 21.8 Å². The standard InChI is InChI=1S/C21H16N2OS/c24-20-17-9-3-4-11-19(17)25-13-21(20)18(12-22-23-21)16-10-5-7-14-6-1-2-8-15(14)16/h1-11,18H,12-13H2/t18-,21?/m0/s1. The summed E-state index contributed by atoms with van der Waals surface area (Å²) in [6, 6.07) is 22.5. The molecule has 0 fully saturated rings. The predicted molar refractivity (Wildman–Crippen MR) is 101 cm³/mol. The number of rotatable bonds is 1. The highest BCUT2D eigenvalue weighted by Crippen LogP contribution is 2.48. The minimum atomic E-state index is -0.775. The molecule has 3 aromatic carbocycles. The van der Waals surface area contributed by atoms with E-state index >= 15 is 0 Å². The number of carbonyl (C=O) groups excluding carboxylic acids is 1. The summed E-state index contributed by atoms with van der Waals surface area (Å²) in [5, 5.41) is 11.3. The molecular formula is C21H16N2OS. The van der Waals surface area contributed by atoms with E-state index in [1.165, 1.54) is 16.3 Å². The molecule has 1 spiro atoms. The van der Waals surface area contributed by atoms with Gasteiger partial charge in [0.25, 0.3) is 0 Å². The van der Waals surface area contributed by atoms with Crippen molar-refractivity contribution in [2.75, 3.05) is 12.3 Å². The number of thioether (sulfide) groups is 1. The molecule has 0 bridgehead atoms. The summed E-state index contributed by atoms with van der Waals surface area (Å²) in [4.78, 5) is 14.4. The zero-order valence-corrected chi connectivity index (χ0v) is 14.4. The Morgan fingerprint density at radius 1 is 0.960 bits per heavy atom. The fourth-order valence-electron chi connectivity index (χ4n) is 3.98. The van der Waals surface area contributed by atoms with E-state index in [-0.39, 0.29) is 11.7 Å². The monoisotopic (exact) mass is 344 g/mol. The third-order valence-electron chi connectivity index (χ3n) is 5.26. The van der Waals surface area contributed by atoms with Crippen LogP contribution in [0.2, 0.25) is 0 Å². The molecule has 0 amide bonds. The van der Waals surface area contributed by atoms with E-state index in [0.717, 1.165) is 10.5 Å². The number of Topliss-reactive ketones (excluding diaryl/α,β-unsaturated/α-hetero) is 1. The number of ketones is 1. The number of carbonyl (C=O) groups is 1. The highest BCUT2D eigenvalue weighted by atomic mass is 32.2. The summed E-state index contributed by atoms with van der Waals surface area (Å²) in [6.07, 6.45) is 0. The number of nitrogens with zero attached hydrogens (tertiary/aromatic N) is 2. The lowest BCUT2D eigenvalue weighted by Crippen LogP contribution is -2.46. The van der Waals surface area contributed by atoms with Gasteiger partial charge in [-0.3, -0.25) is 4.79 Å².